The molecule has 6 nitrogen and oxygen atoms in total. The van der Waals surface area contributed by atoms with E-state index >= 15 is 0 Å². The van der Waals surface area contributed by atoms with E-state index in [4.69, 9.17) is 9.47 Å². The summed E-state index contributed by atoms with van der Waals surface area (Å²) >= 11 is 0. The molecule has 2 amide bonds. The maximum Gasteiger partial charge on any atom is 0.270 e. The van der Waals surface area contributed by atoms with Gasteiger partial charge in [0.2, 0.25) is 5.91 Å². The van der Waals surface area contributed by atoms with Crippen LogP contribution in [0.2, 0.25) is 0 Å². The first kappa shape index (κ1) is 18.6. The number of ether oxygens (including phenoxy) is 2. The summed E-state index contributed by atoms with van der Waals surface area (Å²) in [7, 11) is 1.55. The normalized spacial score (nSPS) is 19.3. The first-order valence-corrected chi connectivity index (χ1v) is 8.44. The molecule has 0 spiro atoms. The van der Waals surface area contributed by atoms with E-state index in [0.717, 1.165) is 6.08 Å². The second-order valence-electron chi connectivity index (χ2n) is 6.17. The fourth-order valence-electron chi connectivity index (χ4n) is 2.82. The van der Waals surface area contributed by atoms with E-state index in [-0.39, 0.29) is 18.2 Å². The zero-order chi connectivity index (χ0) is 19.4. The van der Waals surface area contributed by atoms with Gasteiger partial charge in [-0.1, -0.05) is 12.1 Å². The minimum atomic E-state index is -0.671. The molecule has 1 aromatic carbocycles. The van der Waals surface area contributed by atoms with Crippen molar-refractivity contribution in [2.45, 2.75) is 13.0 Å². The van der Waals surface area contributed by atoms with Crippen molar-refractivity contribution in [3.8, 4) is 11.5 Å². The number of hydrogen-bond acceptors (Lipinski definition) is 4. The van der Waals surface area contributed by atoms with Gasteiger partial charge in [0, 0.05) is 11.6 Å². The van der Waals surface area contributed by atoms with Crippen LogP contribution in [0.4, 0.5) is 4.39 Å². The van der Waals surface area contributed by atoms with Gasteiger partial charge in [0.05, 0.1) is 24.8 Å². The molecule has 0 aromatic heterocycles. The zero-order valence-corrected chi connectivity index (χ0v) is 14.9. The molecule has 0 fully saturated rings. The molecule has 1 aromatic rings. The molecule has 0 radical (unpaired) electrons. The SMILES string of the molecule is COc1ccccc1OCC(C)NC(=O)C1=CC(=O)N=C2C=CC(F)=CC12. The summed E-state index contributed by atoms with van der Waals surface area (Å²) < 4.78 is 24.5. The standard InChI is InChI=1S/C20H19FN2O4/c1-12(11-27-18-6-4-3-5-17(18)26-2)22-20(25)15-10-19(24)23-16-8-7-13(21)9-14(15)16/h3-10,12,14H,11H2,1-2H3,(H,22,25). The summed E-state index contributed by atoms with van der Waals surface area (Å²) in [4.78, 5) is 28.2. The number of hydrogen-bond donors (Lipinski definition) is 1. The van der Waals surface area contributed by atoms with Crippen molar-refractivity contribution in [1.29, 1.82) is 0 Å². The quantitative estimate of drug-likeness (QED) is 0.835. The van der Waals surface area contributed by atoms with Crippen LogP contribution in [0.25, 0.3) is 0 Å². The summed E-state index contributed by atoms with van der Waals surface area (Å²) in [6.07, 6.45) is 5.03. The van der Waals surface area contributed by atoms with Gasteiger partial charge in [-0.2, -0.15) is 0 Å². The molecule has 7 heteroatoms. The van der Waals surface area contributed by atoms with Gasteiger partial charge in [-0.25, -0.2) is 9.38 Å². The van der Waals surface area contributed by atoms with Crippen LogP contribution in [0.3, 0.4) is 0 Å². The van der Waals surface area contributed by atoms with Gasteiger partial charge in [-0.15, -0.1) is 0 Å². The van der Waals surface area contributed by atoms with Crippen molar-refractivity contribution < 1.29 is 23.5 Å². The van der Waals surface area contributed by atoms with Crippen LogP contribution < -0.4 is 14.8 Å². The molecule has 1 heterocycles. The van der Waals surface area contributed by atoms with Gasteiger partial charge in [0.15, 0.2) is 11.5 Å². The molecule has 1 aliphatic heterocycles. The first-order valence-electron chi connectivity index (χ1n) is 8.44. The van der Waals surface area contributed by atoms with Gasteiger partial charge in [0.1, 0.15) is 12.4 Å². The van der Waals surface area contributed by atoms with E-state index in [1.54, 1.807) is 26.2 Å². The molecule has 2 aliphatic rings. The molecule has 2 atom stereocenters. The fraction of sp³-hybridized carbons (Fsp3) is 0.250. The average molecular weight is 370 g/mol. The van der Waals surface area contributed by atoms with E-state index in [0.29, 0.717) is 17.2 Å². The minimum Gasteiger partial charge on any atom is -0.493 e. The van der Waals surface area contributed by atoms with Crippen LogP contribution in [0, 0.1) is 5.92 Å². The Balaban J connectivity index is 1.64. The molecular weight excluding hydrogens is 351 g/mol. The number of rotatable bonds is 6. The third-order valence-electron chi connectivity index (χ3n) is 4.11. The molecule has 3 rings (SSSR count). The van der Waals surface area contributed by atoms with Crippen LogP contribution >= 0.6 is 0 Å². The Morgan fingerprint density at radius 2 is 2.04 bits per heavy atom. The summed E-state index contributed by atoms with van der Waals surface area (Å²) in [6.45, 7) is 1.97. The van der Waals surface area contributed by atoms with Crippen molar-refractivity contribution in [3.05, 3.63) is 60.0 Å². The molecule has 27 heavy (non-hydrogen) atoms. The van der Waals surface area contributed by atoms with Crippen LogP contribution in [0.1, 0.15) is 6.92 Å². The largest absolute Gasteiger partial charge is 0.493 e. The van der Waals surface area contributed by atoms with E-state index in [2.05, 4.69) is 10.3 Å². The number of amides is 2. The van der Waals surface area contributed by atoms with Crippen LogP contribution in [0.15, 0.2) is 65.0 Å². The van der Waals surface area contributed by atoms with Gasteiger partial charge >= 0.3 is 0 Å². The third kappa shape index (κ3) is 4.31. The number of nitrogens with zero attached hydrogens (tertiary/aromatic N) is 1. The van der Waals surface area contributed by atoms with E-state index in [1.165, 1.54) is 18.2 Å². The van der Waals surface area contributed by atoms with Crippen LogP contribution in [-0.2, 0) is 9.59 Å². The number of dihydropyridines is 1. The van der Waals surface area contributed by atoms with Crippen molar-refractivity contribution in [1.82, 2.24) is 5.32 Å². The molecule has 0 bridgehead atoms. The van der Waals surface area contributed by atoms with E-state index in [1.807, 2.05) is 12.1 Å². The Bertz CT molecular complexity index is 886. The Morgan fingerprint density at radius 3 is 2.78 bits per heavy atom. The monoisotopic (exact) mass is 370 g/mol. The zero-order valence-electron chi connectivity index (χ0n) is 14.9. The number of carbonyl (C=O) groups excluding carboxylic acids is 2. The van der Waals surface area contributed by atoms with Gasteiger partial charge in [-0.05, 0) is 37.3 Å². The lowest BCUT2D eigenvalue weighted by atomic mass is 9.87. The maximum absolute atomic E-state index is 13.6. The third-order valence-corrected chi connectivity index (χ3v) is 4.11. The number of para-hydroxylation sites is 2. The van der Waals surface area contributed by atoms with Gasteiger partial charge < -0.3 is 14.8 Å². The Kier molecular flexibility index (Phi) is 5.49. The highest BCUT2D eigenvalue weighted by Gasteiger charge is 2.30. The lowest BCUT2D eigenvalue weighted by Gasteiger charge is -2.23. The number of halogens is 1. The second-order valence-corrected chi connectivity index (χ2v) is 6.17. The topological polar surface area (TPSA) is 77.0 Å². The highest BCUT2D eigenvalue weighted by molar-refractivity contribution is 6.18. The number of nitrogens with one attached hydrogen (secondary N) is 1. The number of methoxy groups -OCH3 is 1. The summed E-state index contributed by atoms with van der Waals surface area (Å²) in [6, 6.07) is 6.83. The van der Waals surface area contributed by atoms with Gasteiger partial charge in [0.25, 0.3) is 5.91 Å². The molecule has 0 saturated heterocycles. The van der Waals surface area contributed by atoms with Crippen molar-refractivity contribution >= 4 is 17.5 Å². The first-order chi connectivity index (χ1) is 13.0. The average Bonchev–Trinajstić information content (AvgIpc) is 2.66. The Hall–Kier alpha value is -3.22. The molecular formula is C20H19FN2O4. The number of allylic oxidation sites excluding steroid dienone is 4. The number of carbonyl (C=O) groups is 2. The summed E-state index contributed by atoms with van der Waals surface area (Å²) in [5, 5.41) is 2.77. The minimum absolute atomic E-state index is 0.161. The summed E-state index contributed by atoms with van der Waals surface area (Å²) in [5.74, 6) is -0.993. The predicted molar refractivity (Wildman–Crippen MR) is 98.4 cm³/mol. The van der Waals surface area contributed by atoms with E-state index < -0.39 is 23.6 Å². The Morgan fingerprint density at radius 1 is 1.30 bits per heavy atom. The number of aliphatic imine (C=N–C) groups is 1. The predicted octanol–water partition coefficient (Wildman–Crippen LogP) is 2.53. The smallest absolute Gasteiger partial charge is 0.270 e. The van der Waals surface area contributed by atoms with E-state index in [9.17, 15) is 14.0 Å². The molecule has 1 aliphatic carbocycles. The molecule has 140 valence electrons. The number of benzene rings is 1. The fourth-order valence-corrected chi connectivity index (χ4v) is 2.82. The van der Waals surface area contributed by atoms with Crippen LogP contribution in [0.5, 0.6) is 11.5 Å². The highest BCUT2D eigenvalue weighted by Crippen LogP contribution is 2.27. The maximum atomic E-state index is 13.6. The highest BCUT2D eigenvalue weighted by atomic mass is 19.1. The molecule has 2 unspecified atom stereocenters. The van der Waals surface area contributed by atoms with Gasteiger partial charge in [-0.3, -0.25) is 9.59 Å². The lowest BCUT2D eigenvalue weighted by Crippen LogP contribution is -2.40. The number of fused-ring (bicyclic) bond motifs is 1. The lowest BCUT2D eigenvalue weighted by molar-refractivity contribution is -0.119. The molecule has 1 N–H and O–H groups in total. The van der Waals surface area contributed by atoms with Crippen molar-refractivity contribution in [2.75, 3.05) is 13.7 Å². The van der Waals surface area contributed by atoms with Crippen LogP contribution in [-0.4, -0.2) is 37.3 Å². The second kappa shape index (κ2) is 7.99. The summed E-state index contributed by atoms with van der Waals surface area (Å²) in [5.41, 5.74) is 0.514. The van der Waals surface area contributed by atoms with Crippen molar-refractivity contribution in [2.24, 2.45) is 10.9 Å². The molecule has 0 saturated carbocycles. The Labute approximate surface area is 156 Å². The van der Waals surface area contributed by atoms with Crippen molar-refractivity contribution in [3.63, 3.8) is 0 Å².